The number of methoxy groups -OCH3 is 1. The van der Waals surface area contributed by atoms with Crippen LogP contribution in [0.5, 0.6) is 5.75 Å². The monoisotopic (exact) mass is 322 g/mol. The Morgan fingerprint density at radius 1 is 1.04 bits per heavy atom. The fourth-order valence-electron chi connectivity index (χ4n) is 3.38. The first-order valence-corrected chi connectivity index (χ1v) is 8.60. The van der Waals surface area contributed by atoms with Crippen molar-refractivity contribution in [3.63, 3.8) is 0 Å². The first-order chi connectivity index (χ1) is 11.6. The van der Waals surface area contributed by atoms with Gasteiger partial charge in [0.1, 0.15) is 5.75 Å². The van der Waals surface area contributed by atoms with Crippen molar-refractivity contribution in [3.8, 4) is 17.0 Å². The number of benzene rings is 2. The highest BCUT2D eigenvalue weighted by Gasteiger charge is 2.15. The highest BCUT2D eigenvalue weighted by atomic mass is 16.5. The maximum atomic E-state index is 5.69. The molecule has 3 heteroatoms. The quantitative estimate of drug-likeness (QED) is 0.644. The number of ether oxygens (including phenoxy) is 1. The molecule has 3 rings (SSSR count). The molecule has 0 aliphatic carbocycles. The topological polar surface area (TPSA) is 51.0 Å². The summed E-state index contributed by atoms with van der Waals surface area (Å²) in [4.78, 5) is 3.63. The molecule has 0 saturated carbocycles. The van der Waals surface area contributed by atoms with Crippen LogP contribution in [-0.2, 0) is 6.42 Å². The van der Waals surface area contributed by atoms with Crippen molar-refractivity contribution in [1.29, 1.82) is 0 Å². The third-order valence-electron chi connectivity index (χ3n) is 4.65. The van der Waals surface area contributed by atoms with Crippen LogP contribution in [0.3, 0.4) is 0 Å². The molecule has 126 valence electrons. The van der Waals surface area contributed by atoms with Crippen LogP contribution in [-0.4, -0.2) is 18.6 Å². The van der Waals surface area contributed by atoms with Gasteiger partial charge in [0, 0.05) is 22.2 Å². The van der Waals surface area contributed by atoms with Crippen molar-refractivity contribution < 1.29 is 4.74 Å². The van der Waals surface area contributed by atoms with Crippen molar-refractivity contribution in [1.82, 2.24) is 4.98 Å². The molecular weight excluding hydrogens is 296 g/mol. The lowest BCUT2D eigenvalue weighted by atomic mass is 9.96. The molecule has 0 saturated heterocycles. The number of aryl methyl sites for hydroxylation is 3. The van der Waals surface area contributed by atoms with Crippen LogP contribution in [0.1, 0.15) is 29.5 Å². The van der Waals surface area contributed by atoms with E-state index in [1.54, 1.807) is 7.11 Å². The first-order valence-electron chi connectivity index (χ1n) is 8.60. The van der Waals surface area contributed by atoms with Gasteiger partial charge in [-0.2, -0.15) is 0 Å². The first kappa shape index (κ1) is 16.6. The van der Waals surface area contributed by atoms with Gasteiger partial charge in [0.25, 0.3) is 0 Å². The van der Waals surface area contributed by atoms with Crippen LogP contribution in [0.25, 0.3) is 22.2 Å². The van der Waals surface area contributed by atoms with Gasteiger partial charge in [-0.3, -0.25) is 0 Å². The SMILES string of the molecule is COc1ccc2[nH]c(-c3ccc(C)cc3C)c(CCCCN)c2c1. The lowest BCUT2D eigenvalue weighted by Crippen LogP contribution is -1.99. The number of H-pyrrole nitrogens is 1. The van der Waals surface area contributed by atoms with Gasteiger partial charge in [-0.1, -0.05) is 23.8 Å². The Morgan fingerprint density at radius 3 is 2.58 bits per heavy atom. The second-order valence-electron chi connectivity index (χ2n) is 6.45. The Bertz CT molecular complexity index is 848. The Labute approximate surface area is 143 Å². The average molecular weight is 322 g/mol. The van der Waals surface area contributed by atoms with Gasteiger partial charge in [0.2, 0.25) is 0 Å². The molecule has 0 aliphatic heterocycles. The summed E-state index contributed by atoms with van der Waals surface area (Å²) in [6.07, 6.45) is 3.16. The van der Waals surface area contributed by atoms with Crippen molar-refractivity contribution >= 4 is 10.9 Å². The summed E-state index contributed by atoms with van der Waals surface area (Å²) < 4.78 is 5.42. The summed E-state index contributed by atoms with van der Waals surface area (Å²) in [5, 5.41) is 1.25. The normalized spacial score (nSPS) is 11.2. The van der Waals surface area contributed by atoms with Crippen LogP contribution in [0.2, 0.25) is 0 Å². The van der Waals surface area contributed by atoms with E-state index < -0.39 is 0 Å². The van der Waals surface area contributed by atoms with E-state index in [1.165, 1.54) is 33.3 Å². The van der Waals surface area contributed by atoms with Crippen LogP contribution in [0.4, 0.5) is 0 Å². The summed E-state index contributed by atoms with van der Waals surface area (Å²) in [7, 11) is 1.72. The van der Waals surface area contributed by atoms with E-state index in [2.05, 4.69) is 49.2 Å². The number of nitrogens with one attached hydrogen (secondary N) is 1. The number of hydrogen-bond acceptors (Lipinski definition) is 2. The van der Waals surface area contributed by atoms with Gasteiger partial charge in [0.05, 0.1) is 7.11 Å². The zero-order valence-corrected chi connectivity index (χ0v) is 14.8. The molecule has 0 spiro atoms. The summed E-state index contributed by atoms with van der Waals surface area (Å²) in [6, 6.07) is 12.9. The Morgan fingerprint density at radius 2 is 1.88 bits per heavy atom. The smallest absolute Gasteiger partial charge is 0.119 e. The highest BCUT2D eigenvalue weighted by Crippen LogP contribution is 2.35. The van der Waals surface area contributed by atoms with Crippen LogP contribution < -0.4 is 10.5 Å². The van der Waals surface area contributed by atoms with E-state index in [0.29, 0.717) is 0 Å². The molecule has 0 fully saturated rings. The van der Waals surface area contributed by atoms with Crippen LogP contribution in [0.15, 0.2) is 36.4 Å². The molecule has 24 heavy (non-hydrogen) atoms. The van der Waals surface area contributed by atoms with E-state index in [0.717, 1.165) is 37.1 Å². The van der Waals surface area contributed by atoms with E-state index in [4.69, 9.17) is 10.5 Å². The molecule has 0 atom stereocenters. The lowest BCUT2D eigenvalue weighted by Gasteiger charge is -2.09. The molecule has 0 bridgehead atoms. The fourth-order valence-corrected chi connectivity index (χ4v) is 3.38. The Balaban J connectivity index is 2.16. The van der Waals surface area contributed by atoms with Crippen molar-refractivity contribution in [2.24, 2.45) is 5.73 Å². The van der Waals surface area contributed by atoms with Crippen LogP contribution >= 0.6 is 0 Å². The maximum absolute atomic E-state index is 5.69. The summed E-state index contributed by atoms with van der Waals surface area (Å²) >= 11 is 0. The highest BCUT2D eigenvalue weighted by molar-refractivity contribution is 5.92. The number of unbranched alkanes of at least 4 members (excludes halogenated alkanes) is 1. The third kappa shape index (κ3) is 3.17. The number of hydrogen-bond donors (Lipinski definition) is 2. The van der Waals surface area contributed by atoms with Gasteiger partial charge in [-0.15, -0.1) is 0 Å². The second kappa shape index (κ2) is 7.10. The summed E-state index contributed by atoms with van der Waals surface area (Å²) in [6.45, 7) is 5.05. The van der Waals surface area contributed by atoms with E-state index in [1.807, 2.05) is 6.07 Å². The second-order valence-corrected chi connectivity index (χ2v) is 6.45. The van der Waals surface area contributed by atoms with Gasteiger partial charge in [0.15, 0.2) is 0 Å². The minimum Gasteiger partial charge on any atom is -0.497 e. The zero-order chi connectivity index (χ0) is 17.1. The predicted molar refractivity (Wildman–Crippen MR) is 102 cm³/mol. The molecule has 0 amide bonds. The molecule has 0 radical (unpaired) electrons. The van der Waals surface area contributed by atoms with Gasteiger partial charge in [-0.05, 0) is 69.0 Å². The molecule has 3 aromatic rings. The number of rotatable bonds is 6. The molecule has 3 nitrogen and oxygen atoms in total. The van der Waals surface area contributed by atoms with E-state index >= 15 is 0 Å². The largest absolute Gasteiger partial charge is 0.497 e. The number of aromatic amines is 1. The summed E-state index contributed by atoms with van der Waals surface area (Å²) in [5.41, 5.74) is 13.3. The average Bonchev–Trinajstić information content (AvgIpc) is 2.92. The predicted octanol–water partition coefficient (Wildman–Crippen LogP) is 4.74. The zero-order valence-electron chi connectivity index (χ0n) is 14.8. The van der Waals surface area contributed by atoms with Crippen LogP contribution in [0, 0.1) is 13.8 Å². The standard InChI is InChI=1S/C21H26N2O/c1-14-7-9-17(15(2)12-14)21-18(6-4-5-11-22)19-13-16(24-3)8-10-20(19)23-21/h7-10,12-13,23H,4-6,11,22H2,1-3H3. The maximum Gasteiger partial charge on any atom is 0.119 e. The molecule has 0 aliphatic rings. The molecule has 1 aromatic heterocycles. The fraction of sp³-hybridized carbons (Fsp3) is 0.333. The molecule has 0 unspecified atom stereocenters. The number of nitrogens with two attached hydrogens (primary N) is 1. The van der Waals surface area contributed by atoms with Crippen molar-refractivity contribution in [2.75, 3.05) is 13.7 Å². The van der Waals surface area contributed by atoms with Gasteiger partial charge in [-0.25, -0.2) is 0 Å². The number of aromatic nitrogens is 1. The molecular formula is C21H26N2O. The molecule has 1 heterocycles. The third-order valence-corrected chi connectivity index (χ3v) is 4.65. The van der Waals surface area contributed by atoms with Crippen molar-refractivity contribution in [2.45, 2.75) is 33.1 Å². The summed E-state index contributed by atoms with van der Waals surface area (Å²) in [5.74, 6) is 0.897. The van der Waals surface area contributed by atoms with Gasteiger partial charge >= 0.3 is 0 Å². The molecule has 2 aromatic carbocycles. The minimum atomic E-state index is 0.741. The minimum absolute atomic E-state index is 0.741. The van der Waals surface area contributed by atoms with E-state index in [9.17, 15) is 0 Å². The molecule has 3 N–H and O–H groups in total. The lowest BCUT2D eigenvalue weighted by molar-refractivity contribution is 0.415. The Kier molecular flexibility index (Phi) is 4.91. The number of fused-ring (bicyclic) bond motifs is 1. The van der Waals surface area contributed by atoms with Gasteiger partial charge < -0.3 is 15.5 Å². The van der Waals surface area contributed by atoms with E-state index in [-0.39, 0.29) is 0 Å². The Hall–Kier alpha value is -2.26. The van der Waals surface area contributed by atoms with Crippen molar-refractivity contribution in [3.05, 3.63) is 53.1 Å².